The average molecular weight is 276 g/mol. The van der Waals surface area contributed by atoms with Gasteiger partial charge in [0.2, 0.25) is 0 Å². The number of aryl methyl sites for hydroxylation is 1. The van der Waals surface area contributed by atoms with Gasteiger partial charge < -0.3 is 15.4 Å². The largest absolute Gasteiger partial charge is 0.469 e. The number of nitrogens with two attached hydrogens (primary N) is 1. The Labute approximate surface area is 120 Å². The van der Waals surface area contributed by atoms with Crippen LogP contribution in [-0.4, -0.2) is 38.1 Å². The molecule has 0 aromatic heterocycles. The Balaban J connectivity index is 2.26. The molecule has 0 atom stereocenters. The molecule has 1 aliphatic rings. The first-order valence-electron chi connectivity index (χ1n) is 7.09. The van der Waals surface area contributed by atoms with Crippen molar-refractivity contribution in [3.8, 4) is 0 Å². The quantitative estimate of drug-likeness (QED) is 0.678. The summed E-state index contributed by atoms with van der Waals surface area (Å²) in [5, 5.41) is 0. The second-order valence-corrected chi connectivity index (χ2v) is 5.94. The molecule has 0 saturated carbocycles. The number of likely N-dealkylation sites (tertiary alicyclic amines) is 1. The Morgan fingerprint density at radius 3 is 2.60 bits per heavy atom. The highest BCUT2D eigenvalue weighted by atomic mass is 16.5. The third kappa shape index (κ3) is 2.96. The number of hydrogen-bond acceptors (Lipinski definition) is 4. The molecule has 2 N–H and O–H groups in total. The number of carbonyl (C=O) groups is 1. The zero-order valence-corrected chi connectivity index (χ0v) is 12.6. The summed E-state index contributed by atoms with van der Waals surface area (Å²) in [4.78, 5) is 14.6. The zero-order valence-electron chi connectivity index (χ0n) is 12.6. The van der Waals surface area contributed by atoms with E-state index in [0.717, 1.165) is 43.6 Å². The highest BCUT2D eigenvalue weighted by Gasteiger charge is 2.42. The minimum Gasteiger partial charge on any atom is -0.469 e. The molecule has 0 bridgehead atoms. The maximum Gasteiger partial charge on any atom is 0.312 e. The van der Waals surface area contributed by atoms with Crippen LogP contribution in [0.4, 0.5) is 5.69 Å². The molecule has 1 heterocycles. The third-order valence-electron chi connectivity index (χ3n) is 4.46. The van der Waals surface area contributed by atoms with E-state index in [1.807, 2.05) is 25.1 Å². The summed E-state index contributed by atoms with van der Waals surface area (Å²) in [5.41, 5.74) is 8.51. The van der Waals surface area contributed by atoms with E-state index in [4.69, 9.17) is 10.5 Å². The lowest BCUT2D eigenvalue weighted by Crippen LogP contribution is -2.45. The molecule has 4 heteroatoms. The van der Waals surface area contributed by atoms with Gasteiger partial charge in [0.05, 0.1) is 12.5 Å². The molecule has 4 nitrogen and oxygen atoms in total. The van der Waals surface area contributed by atoms with Crippen LogP contribution in [0.1, 0.15) is 24.0 Å². The number of esters is 1. The summed E-state index contributed by atoms with van der Waals surface area (Å²) in [5.74, 6) is -0.0816. The number of nitrogen functional groups attached to an aromatic ring is 1. The third-order valence-corrected chi connectivity index (χ3v) is 4.46. The van der Waals surface area contributed by atoms with Gasteiger partial charge in [-0.05, 0) is 69.6 Å². The molecule has 1 aromatic carbocycles. The zero-order chi connectivity index (χ0) is 14.8. The van der Waals surface area contributed by atoms with E-state index in [9.17, 15) is 4.79 Å². The summed E-state index contributed by atoms with van der Waals surface area (Å²) in [7, 11) is 3.58. The standard InChI is InChI=1S/C16H24N2O2/c1-12-10-14(17)5-4-13(12)11-16(15(19)20-3)6-8-18(2)9-7-16/h4-5,10H,6-9,11,17H2,1-3H3. The Kier molecular flexibility index (Phi) is 4.33. The smallest absolute Gasteiger partial charge is 0.312 e. The molecule has 1 aliphatic heterocycles. The fourth-order valence-electron chi connectivity index (χ4n) is 3.00. The number of ether oxygens (including phenoxy) is 1. The SMILES string of the molecule is COC(=O)C1(Cc2ccc(N)cc2C)CCN(C)CC1. The van der Waals surface area contributed by atoms with Crippen molar-refractivity contribution in [1.82, 2.24) is 4.90 Å². The lowest BCUT2D eigenvalue weighted by molar-refractivity contribution is -0.155. The summed E-state index contributed by atoms with van der Waals surface area (Å²) in [6, 6.07) is 5.91. The minimum absolute atomic E-state index is 0.0816. The van der Waals surface area contributed by atoms with Gasteiger partial charge in [-0.2, -0.15) is 0 Å². The van der Waals surface area contributed by atoms with E-state index in [0.29, 0.717) is 0 Å². The van der Waals surface area contributed by atoms with E-state index < -0.39 is 0 Å². The number of carbonyl (C=O) groups excluding carboxylic acids is 1. The van der Waals surface area contributed by atoms with E-state index >= 15 is 0 Å². The summed E-state index contributed by atoms with van der Waals surface area (Å²) >= 11 is 0. The molecule has 0 unspecified atom stereocenters. The van der Waals surface area contributed by atoms with Gasteiger partial charge in [-0.25, -0.2) is 0 Å². The molecule has 110 valence electrons. The summed E-state index contributed by atoms with van der Waals surface area (Å²) in [6.07, 6.45) is 2.43. The summed E-state index contributed by atoms with van der Waals surface area (Å²) in [6.45, 7) is 3.91. The molecule has 20 heavy (non-hydrogen) atoms. The number of nitrogens with zero attached hydrogens (tertiary/aromatic N) is 1. The maximum atomic E-state index is 12.3. The van der Waals surface area contributed by atoms with Gasteiger partial charge in [0.1, 0.15) is 0 Å². The molecule has 2 rings (SSSR count). The van der Waals surface area contributed by atoms with E-state index in [1.54, 1.807) is 0 Å². The van der Waals surface area contributed by atoms with E-state index in [-0.39, 0.29) is 11.4 Å². The molecular weight excluding hydrogens is 252 g/mol. The van der Waals surface area contributed by atoms with Gasteiger partial charge in [-0.15, -0.1) is 0 Å². The first-order chi connectivity index (χ1) is 9.47. The van der Waals surface area contributed by atoms with Crippen LogP contribution in [0, 0.1) is 12.3 Å². The molecule has 1 saturated heterocycles. The normalized spacial score (nSPS) is 18.8. The van der Waals surface area contributed by atoms with E-state index in [1.165, 1.54) is 12.7 Å². The molecule has 1 fully saturated rings. The first kappa shape index (κ1) is 14.9. The van der Waals surface area contributed by atoms with Gasteiger partial charge in [-0.1, -0.05) is 6.07 Å². The Morgan fingerprint density at radius 2 is 2.05 bits per heavy atom. The second-order valence-electron chi connectivity index (χ2n) is 5.94. The first-order valence-corrected chi connectivity index (χ1v) is 7.09. The van der Waals surface area contributed by atoms with Crippen molar-refractivity contribution < 1.29 is 9.53 Å². The van der Waals surface area contributed by atoms with Crippen LogP contribution in [0.5, 0.6) is 0 Å². The van der Waals surface area contributed by atoms with Crippen molar-refractivity contribution in [1.29, 1.82) is 0 Å². The minimum atomic E-state index is -0.387. The van der Waals surface area contributed by atoms with Gasteiger partial charge in [-0.3, -0.25) is 4.79 Å². The highest BCUT2D eigenvalue weighted by molar-refractivity contribution is 5.77. The van der Waals surface area contributed by atoms with Crippen LogP contribution < -0.4 is 5.73 Å². The molecule has 0 amide bonds. The van der Waals surface area contributed by atoms with Crippen LogP contribution >= 0.6 is 0 Å². The number of methoxy groups -OCH3 is 1. The lowest BCUT2D eigenvalue weighted by atomic mass is 9.73. The fraction of sp³-hybridized carbons (Fsp3) is 0.562. The number of piperidine rings is 1. The molecular formula is C16H24N2O2. The lowest BCUT2D eigenvalue weighted by Gasteiger charge is -2.38. The molecule has 1 aromatic rings. The van der Waals surface area contributed by atoms with Gasteiger partial charge in [0.25, 0.3) is 0 Å². The Morgan fingerprint density at radius 1 is 1.40 bits per heavy atom. The molecule has 0 aliphatic carbocycles. The number of hydrogen-bond donors (Lipinski definition) is 1. The summed E-state index contributed by atoms with van der Waals surface area (Å²) < 4.78 is 5.08. The number of anilines is 1. The van der Waals surface area contributed by atoms with Gasteiger partial charge in [0.15, 0.2) is 0 Å². The highest BCUT2D eigenvalue weighted by Crippen LogP contribution is 2.37. The van der Waals surface area contributed by atoms with Gasteiger partial charge >= 0.3 is 5.97 Å². The van der Waals surface area contributed by atoms with Crippen LogP contribution in [0.2, 0.25) is 0 Å². The number of benzene rings is 1. The van der Waals surface area contributed by atoms with Crippen molar-refractivity contribution in [3.63, 3.8) is 0 Å². The van der Waals surface area contributed by atoms with Crippen molar-refractivity contribution in [2.24, 2.45) is 5.41 Å². The molecule has 0 spiro atoms. The predicted octanol–water partition coefficient (Wildman–Crippen LogP) is 2.00. The van der Waals surface area contributed by atoms with Crippen LogP contribution in [0.3, 0.4) is 0 Å². The predicted molar refractivity (Wildman–Crippen MR) is 80.5 cm³/mol. The van der Waals surface area contributed by atoms with Crippen molar-refractivity contribution >= 4 is 11.7 Å². The van der Waals surface area contributed by atoms with Crippen molar-refractivity contribution in [2.75, 3.05) is 33.0 Å². The van der Waals surface area contributed by atoms with Crippen molar-refractivity contribution in [3.05, 3.63) is 29.3 Å². The van der Waals surface area contributed by atoms with Crippen LogP contribution in [-0.2, 0) is 16.0 Å². The van der Waals surface area contributed by atoms with Crippen molar-refractivity contribution in [2.45, 2.75) is 26.2 Å². The fourth-order valence-corrected chi connectivity index (χ4v) is 3.00. The van der Waals surface area contributed by atoms with Crippen LogP contribution in [0.25, 0.3) is 0 Å². The second kappa shape index (κ2) is 5.83. The van der Waals surface area contributed by atoms with E-state index in [2.05, 4.69) is 11.9 Å². The topological polar surface area (TPSA) is 55.6 Å². The monoisotopic (exact) mass is 276 g/mol. The van der Waals surface area contributed by atoms with Crippen LogP contribution in [0.15, 0.2) is 18.2 Å². The Bertz CT molecular complexity index is 491. The molecule has 0 radical (unpaired) electrons. The maximum absolute atomic E-state index is 12.3. The number of rotatable bonds is 3. The van der Waals surface area contributed by atoms with Gasteiger partial charge in [0, 0.05) is 5.69 Å². The average Bonchev–Trinajstić information content (AvgIpc) is 2.43. The Hall–Kier alpha value is -1.55.